The molecule has 27 nitrogen and oxygen atoms in total. The van der Waals surface area contributed by atoms with Gasteiger partial charge >= 0.3 is 19.5 Å². The normalized spacial score (nSPS) is 15.3. The molecule has 2 atom stereocenters. The third-order valence-electron chi connectivity index (χ3n) is 26.6. The Morgan fingerprint density at radius 3 is 1.14 bits per heavy atom. The summed E-state index contributed by atoms with van der Waals surface area (Å²) in [4.78, 5) is 62.6. The summed E-state index contributed by atoms with van der Waals surface area (Å²) in [5.41, 5.74) is 16.4. The van der Waals surface area contributed by atoms with Crippen LogP contribution in [-0.4, -0.2) is 231 Å². The van der Waals surface area contributed by atoms with Crippen molar-refractivity contribution in [3.8, 4) is 44.8 Å². The highest BCUT2D eigenvalue weighted by molar-refractivity contribution is 7.99. The van der Waals surface area contributed by atoms with Gasteiger partial charge in [-0.3, -0.25) is 14.0 Å². The van der Waals surface area contributed by atoms with Gasteiger partial charge in [0.1, 0.15) is 7.14 Å². The Balaban J connectivity index is 0.000000218. The van der Waals surface area contributed by atoms with E-state index >= 15 is 0 Å². The molecule has 0 unspecified atom stereocenters. The molecule has 10 N–H and O–H groups in total. The maximum absolute atomic E-state index is 13.8. The van der Waals surface area contributed by atoms with Crippen LogP contribution in [-0.2, 0) is 33.9 Å². The Morgan fingerprint density at radius 2 is 0.800 bits per heavy atom. The first-order chi connectivity index (χ1) is 69.2. The number of aromatic carboxylic acids is 1. The second-order valence-electron chi connectivity index (χ2n) is 38.5. The lowest BCUT2D eigenvalue weighted by molar-refractivity contribution is 0.0549. The van der Waals surface area contributed by atoms with E-state index in [1.54, 1.807) is 73.6 Å². The number of nitrogens with one attached hydrogen (secondary N) is 4. The molecule has 4 aliphatic rings. The number of carboxylic acids is 1. The van der Waals surface area contributed by atoms with Gasteiger partial charge in [0.25, 0.3) is 20.0 Å². The number of likely N-dealkylation sites (tertiary alicyclic amines) is 2. The average molecular weight is 2130 g/mol. The number of aryl methyl sites for hydroxylation is 2. The number of hydrogen-bond donors (Lipinski definition) is 10. The molecular formula is C110H134Cl2N12O15P2S4. The molecule has 4 fully saturated rings. The van der Waals surface area contributed by atoms with Crippen LogP contribution in [0.2, 0.25) is 10.0 Å². The van der Waals surface area contributed by atoms with Crippen molar-refractivity contribution >= 4 is 139 Å². The average Bonchev–Trinajstić information content (AvgIpc) is 1.59. The number of anilines is 8. The van der Waals surface area contributed by atoms with E-state index in [-0.39, 0.29) is 58.1 Å². The molecule has 0 bridgehead atoms. The van der Waals surface area contributed by atoms with Gasteiger partial charge in [0, 0.05) is 215 Å². The molecule has 772 valence electrons. The zero-order valence-electron chi connectivity index (χ0n) is 83.7. The lowest BCUT2D eigenvalue weighted by atomic mass is 9.96. The molecule has 2 aromatic heterocycles. The van der Waals surface area contributed by atoms with Crippen molar-refractivity contribution in [3.05, 3.63) is 286 Å². The number of benzene rings is 10. The Morgan fingerprint density at radius 1 is 0.448 bits per heavy atom. The minimum atomic E-state index is -4.64. The molecule has 0 aliphatic carbocycles. The SMILES string of the molecule is CP(C)(=O)CO.Cc1cc(S(=O)(=O)Nc2ccc(N3CCN(c4cccc(-c5c(C(=O)O)c(C)n(C(C)C)c5-c5ccc(Cl)cc5)c4)CC3)cc2)ccc1N[C@H](CCN1CCC(O)CC1)CSc1ccccc1.Cc1cc(S(=O)(=O)Nc2ccc(N3CCN(c4cccc(-c5c(C(=O)OCP(=O)(O)O)c(C)n(C(C)C)c5-c5ccc(Cl)cc5)c4)CC3)cc2)ccc1N[C@H](CCN1CCC(O)CC1)CSc1ccccc1. The Bertz CT molecular complexity index is 6730. The number of piperidine rings is 2. The molecule has 0 amide bonds. The maximum atomic E-state index is 13.8. The number of piperazine rings is 2. The van der Waals surface area contributed by atoms with Crippen LogP contribution in [0.25, 0.3) is 44.8 Å². The molecule has 35 heteroatoms. The van der Waals surface area contributed by atoms with Gasteiger partial charge in [-0.05, 0) is 298 Å². The van der Waals surface area contributed by atoms with Gasteiger partial charge < -0.3 is 88.7 Å². The monoisotopic (exact) mass is 2120 g/mol. The van der Waals surface area contributed by atoms with Gasteiger partial charge in [0.2, 0.25) is 0 Å². The highest BCUT2D eigenvalue weighted by Crippen LogP contribution is 2.47. The number of nitrogens with zero attached hydrogens (tertiary/aromatic N) is 8. The van der Waals surface area contributed by atoms with E-state index in [9.17, 15) is 60.7 Å². The van der Waals surface area contributed by atoms with Crippen LogP contribution >= 0.6 is 61.5 Å². The van der Waals surface area contributed by atoms with Crippen LogP contribution in [0, 0.1) is 27.7 Å². The number of aliphatic hydroxyl groups excluding tert-OH is 3. The molecule has 0 radical (unpaired) electrons. The maximum Gasteiger partial charge on any atom is 0.362 e. The summed E-state index contributed by atoms with van der Waals surface area (Å²) in [6.07, 6.45) is 3.42. The summed E-state index contributed by atoms with van der Waals surface area (Å²) in [6, 6.07) is 77.4. The van der Waals surface area contributed by atoms with Crippen LogP contribution in [0.1, 0.15) is 122 Å². The summed E-state index contributed by atoms with van der Waals surface area (Å²) in [7, 11) is -14.5. The Hall–Kier alpha value is -10.5. The summed E-state index contributed by atoms with van der Waals surface area (Å²) in [5, 5.41) is 47.3. The number of carbonyl (C=O) groups is 2. The molecule has 4 aliphatic heterocycles. The van der Waals surface area contributed by atoms with E-state index in [1.807, 2.05) is 203 Å². The second-order valence-corrected chi connectivity index (χ2v) is 50.0. The largest absolute Gasteiger partial charge is 0.478 e. The molecule has 12 aromatic rings. The van der Waals surface area contributed by atoms with Gasteiger partial charge in [-0.15, -0.1) is 23.5 Å². The van der Waals surface area contributed by atoms with E-state index < -0.39 is 53.1 Å². The number of hydrogen-bond acceptors (Lipinski definition) is 22. The fourth-order valence-corrected chi connectivity index (χ4v) is 23.8. The predicted molar refractivity (Wildman–Crippen MR) is 594 cm³/mol. The first-order valence-electron chi connectivity index (χ1n) is 49.2. The molecule has 145 heavy (non-hydrogen) atoms. The van der Waals surface area contributed by atoms with Crippen LogP contribution in [0.3, 0.4) is 0 Å². The topological polar surface area (TPSA) is 345 Å². The van der Waals surface area contributed by atoms with Gasteiger partial charge in [-0.1, -0.05) is 108 Å². The van der Waals surface area contributed by atoms with Crippen LogP contribution in [0.15, 0.2) is 262 Å². The van der Waals surface area contributed by atoms with Gasteiger partial charge in [-0.25, -0.2) is 26.4 Å². The minimum Gasteiger partial charge on any atom is -0.478 e. The van der Waals surface area contributed by atoms with Crippen LogP contribution < -0.4 is 39.7 Å². The highest BCUT2D eigenvalue weighted by Gasteiger charge is 2.35. The summed E-state index contributed by atoms with van der Waals surface area (Å²) < 4.78 is 92.0. The van der Waals surface area contributed by atoms with E-state index in [0.717, 1.165) is 194 Å². The zero-order valence-corrected chi connectivity index (χ0v) is 90.3. The molecule has 0 spiro atoms. The van der Waals surface area contributed by atoms with E-state index in [0.29, 0.717) is 75.7 Å². The van der Waals surface area contributed by atoms with Crippen molar-refractivity contribution < 1.29 is 70.5 Å². The fraction of sp³-hybridized carbons (Fsp3) is 0.364. The number of aliphatic hydroxyl groups is 3. The quantitative estimate of drug-likeness (QED) is 0.00982. The predicted octanol–water partition coefficient (Wildman–Crippen LogP) is 22.0. The Labute approximate surface area is 871 Å². The standard InChI is InChI=1S/C54H64ClN6O8PS2.C53H61ClN6O5S2.C3H9O2P/c1-37(2)61-39(4)51(54(63)69-36-70(64,65)66)52(53(61)40-13-15-42(55)16-14-40)41-9-8-10-46(34-41)60-31-29-59(30-32-60)45-19-17-43(18-20-45)57-72(67,68)49-21-22-50(38(3)33-49)56-44(35-71-48-11-6-5-7-12-48)23-26-58-27-24-47(62)25-28-58;1-36(2)60-38(4)50(53(62)63)51(52(60)39-13-15-41(54)16-14-39)40-9-8-10-45(34-40)59-31-29-58(30-32-59)44-19-17-42(18-20-44)56-67(64,65)48-21-22-49(37(3)33-48)55-43(35-66-47-11-6-5-7-12-47)23-26-57-27-24-46(61)25-28-57;1-6(2,5)3-4/h5-22,33-34,37,44,47,56-57,62H,23-32,35-36H2,1-4H3,(H2,64,65,66);5-22,33-34,36,43,46,55-56,61H,23-32,35H2,1-4H3,(H,62,63);4H,3H2,1-2H3/t44-;43-;/m11./s1. The van der Waals surface area contributed by atoms with Crippen molar-refractivity contribution in [1.29, 1.82) is 0 Å². The summed E-state index contributed by atoms with van der Waals surface area (Å²) in [5.74, 6) is -0.0766. The highest BCUT2D eigenvalue weighted by atomic mass is 35.5. The lowest BCUT2D eigenvalue weighted by Crippen LogP contribution is -2.46. The smallest absolute Gasteiger partial charge is 0.362 e. The van der Waals surface area contributed by atoms with Gasteiger partial charge in [0.05, 0.1) is 50.9 Å². The fourth-order valence-electron chi connectivity index (χ4n) is 19.0. The van der Waals surface area contributed by atoms with E-state index in [1.165, 1.54) is 9.79 Å². The van der Waals surface area contributed by atoms with Crippen molar-refractivity contribution in [3.63, 3.8) is 0 Å². The van der Waals surface area contributed by atoms with Crippen molar-refractivity contribution in [2.45, 2.75) is 150 Å². The van der Waals surface area contributed by atoms with Crippen molar-refractivity contribution in [2.75, 3.05) is 169 Å². The number of carboxylic acid groups (broad SMARTS) is 1. The number of thioether (sulfide) groups is 2. The van der Waals surface area contributed by atoms with Crippen molar-refractivity contribution in [2.24, 2.45) is 0 Å². The number of rotatable bonds is 37. The summed E-state index contributed by atoms with van der Waals surface area (Å²) >= 11 is 16.2. The van der Waals surface area contributed by atoms with Gasteiger partial charge in [-0.2, -0.15) is 0 Å². The number of halogens is 2. The third-order valence-corrected chi connectivity index (χ3v) is 33.4. The molecule has 0 saturated carbocycles. The first kappa shape index (κ1) is 110. The number of sulfonamides is 2. The Kier molecular flexibility index (Phi) is 38.0. The number of aromatic nitrogens is 2. The molecule has 4 saturated heterocycles. The van der Waals surface area contributed by atoms with E-state index in [2.05, 4.69) is 116 Å². The molecule has 6 heterocycles. The second kappa shape index (κ2) is 50.0. The van der Waals surface area contributed by atoms with Gasteiger partial charge in [0.15, 0.2) is 6.35 Å². The number of ether oxygens (including phenoxy) is 1. The van der Waals surface area contributed by atoms with Crippen molar-refractivity contribution in [1.82, 2.24) is 18.9 Å². The van der Waals surface area contributed by atoms with E-state index in [4.69, 9.17) is 33.0 Å². The molecular weight excluding hydrogens is 1990 g/mol. The third kappa shape index (κ3) is 29.7. The first-order valence-corrected chi connectivity index (χ1v) is 59.5. The zero-order chi connectivity index (χ0) is 104. The lowest BCUT2D eigenvalue weighted by Gasteiger charge is -2.37. The minimum absolute atomic E-state index is 0.0276. The molecule has 16 rings (SSSR count). The summed E-state index contributed by atoms with van der Waals surface area (Å²) in [6.45, 7) is 30.0. The van der Waals surface area contributed by atoms with Crippen LogP contribution in [0.5, 0.6) is 0 Å². The van der Waals surface area contributed by atoms with Crippen LogP contribution in [0.4, 0.5) is 45.5 Å². The number of carbonyl (C=O) groups excluding carboxylic acids is 1. The number of esters is 1. The molecule has 10 aromatic carbocycles.